The first kappa shape index (κ1) is 15.4. The van der Waals surface area contributed by atoms with E-state index < -0.39 is 0 Å². The van der Waals surface area contributed by atoms with E-state index in [4.69, 9.17) is 15.6 Å². The van der Waals surface area contributed by atoms with E-state index in [1.165, 1.54) is 0 Å². The Kier molecular flexibility index (Phi) is 5.60. The predicted molar refractivity (Wildman–Crippen MR) is 85.4 cm³/mol. The molecule has 0 aromatic heterocycles. The zero-order valence-corrected chi connectivity index (χ0v) is 12.3. The summed E-state index contributed by atoms with van der Waals surface area (Å²) < 4.78 is 5.34. The molecule has 2 rings (SSSR count). The number of nitrogens with two attached hydrogens (primary N) is 1. The molecule has 0 radical (unpaired) electrons. The summed E-state index contributed by atoms with van der Waals surface area (Å²) in [5.41, 5.74) is 9.15. The van der Waals surface area contributed by atoms with E-state index in [9.17, 15) is 0 Å². The highest BCUT2D eigenvalue weighted by Crippen LogP contribution is 2.21. The van der Waals surface area contributed by atoms with Crippen LogP contribution in [-0.2, 0) is 6.54 Å². The van der Waals surface area contributed by atoms with E-state index in [0.717, 1.165) is 22.6 Å². The third kappa shape index (κ3) is 4.21. The van der Waals surface area contributed by atoms with Crippen molar-refractivity contribution in [3.8, 4) is 5.75 Å². The number of hydrogen-bond donors (Lipinski definition) is 3. The van der Waals surface area contributed by atoms with Gasteiger partial charge in [-0.25, -0.2) is 0 Å². The lowest BCUT2D eigenvalue weighted by Crippen LogP contribution is -2.12. The first-order chi connectivity index (χ1) is 10.2. The number of rotatable bonds is 7. The second-order valence-electron chi connectivity index (χ2n) is 4.91. The maximum atomic E-state index is 8.97. The van der Waals surface area contributed by atoms with Gasteiger partial charge in [-0.1, -0.05) is 30.3 Å². The minimum atomic E-state index is -0.136. The normalized spacial score (nSPS) is 12.0. The van der Waals surface area contributed by atoms with Crippen molar-refractivity contribution in [2.75, 3.05) is 19.0 Å². The summed E-state index contributed by atoms with van der Waals surface area (Å²) in [7, 11) is 1.67. The van der Waals surface area contributed by atoms with Crippen molar-refractivity contribution in [3.05, 3.63) is 59.7 Å². The van der Waals surface area contributed by atoms with Gasteiger partial charge in [0.25, 0.3) is 0 Å². The first-order valence-electron chi connectivity index (χ1n) is 7.06. The average Bonchev–Trinajstić information content (AvgIpc) is 2.53. The van der Waals surface area contributed by atoms with Crippen LogP contribution >= 0.6 is 0 Å². The summed E-state index contributed by atoms with van der Waals surface area (Å²) in [6, 6.07) is 15.8. The fraction of sp³-hybridized carbons (Fsp3) is 0.294. The molecule has 4 N–H and O–H groups in total. The average molecular weight is 286 g/mol. The van der Waals surface area contributed by atoms with E-state index in [-0.39, 0.29) is 12.6 Å². The lowest BCUT2D eigenvalue weighted by atomic mass is 10.0. The van der Waals surface area contributed by atoms with Crippen LogP contribution in [0, 0.1) is 0 Å². The number of benzene rings is 2. The van der Waals surface area contributed by atoms with Gasteiger partial charge in [-0.05, 0) is 30.2 Å². The lowest BCUT2D eigenvalue weighted by molar-refractivity contribution is 0.276. The molecule has 4 nitrogen and oxygen atoms in total. The predicted octanol–water partition coefficient (Wildman–Crippen LogP) is 2.69. The number of methoxy groups -OCH3 is 1. The Labute approximate surface area is 125 Å². The number of para-hydroxylation sites is 1. The van der Waals surface area contributed by atoms with Crippen LogP contribution in [0.2, 0.25) is 0 Å². The Bertz CT molecular complexity index is 572. The smallest absolute Gasteiger partial charge is 0.123 e. The van der Waals surface area contributed by atoms with Crippen LogP contribution in [0.4, 0.5) is 5.69 Å². The summed E-state index contributed by atoms with van der Waals surface area (Å²) in [4.78, 5) is 0. The molecule has 21 heavy (non-hydrogen) atoms. The van der Waals surface area contributed by atoms with Gasteiger partial charge in [0.2, 0.25) is 0 Å². The van der Waals surface area contributed by atoms with Crippen molar-refractivity contribution in [1.29, 1.82) is 0 Å². The molecule has 0 saturated carbocycles. The van der Waals surface area contributed by atoms with Gasteiger partial charge in [0.15, 0.2) is 0 Å². The number of anilines is 1. The topological polar surface area (TPSA) is 67.5 Å². The molecular weight excluding hydrogens is 264 g/mol. The van der Waals surface area contributed by atoms with Gasteiger partial charge in [0, 0.05) is 30.4 Å². The summed E-state index contributed by atoms with van der Waals surface area (Å²) in [6.45, 7) is 0.780. The van der Waals surface area contributed by atoms with Crippen molar-refractivity contribution in [3.63, 3.8) is 0 Å². The van der Waals surface area contributed by atoms with Gasteiger partial charge in [0.1, 0.15) is 5.75 Å². The summed E-state index contributed by atoms with van der Waals surface area (Å²) in [5.74, 6) is 0.873. The van der Waals surface area contributed by atoms with Crippen molar-refractivity contribution in [2.24, 2.45) is 5.73 Å². The largest absolute Gasteiger partial charge is 0.496 e. The standard InChI is InChI=1S/C17H22N2O2/c1-21-17-8-3-2-5-14(17)12-19-15-7-4-6-13(11-15)16(18)9-10-20/h2-8,11,16,19-20H,9-10,12,18H2,1H3. The Morgan fingerprint density at radius 3 is 2.76 bits per heavy atom. The van der Waals surface area contributed by atoms with Crippen molar-refractivity contribution in [2.45, 2.75) is 19.0 Å². The Morgan fingerprint density at radius 2 is 2.00 bits per heavy atom. The number of aliphatic hydroxyl groups excluding tert-OH is 1. The van der Waals surface area contributed by atoms with Gasteiger partial charge in [-0.15, -0.1) is 0 Å². The van der Waals surface area contributed by atoms with Gasteiger partial charge in [-0.2, -0.15) is 0 Å². The van der Waals surface area contributed by atoms with Crippen LogP contribution in [0.3, 0.4) is 0 Å². The van der Waals surface area contributed by atoms with Crippen molar-refractivity contribution < 1.29 is 9.84 Å². The zero-order valence-electron chi connectivity index (χ0n) is 12.3. The molecule has 0 fully saturated rings. The van der Waals surface area contributed by atoms with Gasteiger partial charge >= 0.3 is 0 Å². The third-order valence-corrected chi connectivity index (χ3v) is 3.43. The molecule has 1 unspecified atom stereocenters. The SMILES string of the molecule is COc1ccccc1CNc1cccc(C(N)CCO)c1. The molecule has 0 aliphatic carbocycles. The Balaban J connectivity index is 2.05. The Morgan fingerprint density at radius 1 is 1.19 bits per heavy atom. The molecule has 0 aliphatic rings. The molecule has 4 heteroatoms. The van der Waals surface area contributed by atoms with Gasteiger partial charge < -0.3 is 20.9 Å². The molecule has 0 amide bonds. The second kappa shape index (κ2) is 7.67. The fourth-order valence-electron chi connectivity index (χ4n) is 2.23. The van der Waals surface area contributed by atoms with E-state index in [0.29, 0.717) is 13.0 Å². The molecule has 0 bridgehead atoms. The number of hydrogen-bond acceptors (Lipinski definition) is 4. The minimum Gasteiger partial charge on any atom is -0.496 e. The van der Waals surface area contributed by atoms with Crippen LogP contribution in [0.5, 0.6) is 5.75 Å². The van der Waals surface area contributed by atoms with Crippen LogP contribution in [-0.4, -0.2) is 18.8 Å². The quantitative estimate of drug-likeness (QED) is 0.732. The molecule has 0 heterocycles. The molecule has 1 atom stereocenters. The molecule has 2 aromatic rings. The minimum absolute atomic E-state index is 0.0973. The number of aliphatic hydroxyl groups is 1. The third-order valence-electron chi connectivity index (χ3n) is 3.43. The summed E-state index contributed by atoms with van der Waals surface area (Å²) in [5, 5.41) is 12.3. The molecular formula is C17H22N2O2. The van der Waals surface area contributed by atoms with Crippen LogP contribution in [0.1, 0.15) is 23.6 Å². The van der Waals surface area contributed by atoms with Crippen LogP contribution in [0.25, 0.3) is 0 Å². The summed E-state index contributed by atoms with van der Waals surface area (Å²) >= 11 is 0. The maximum Gasteiger partial charge on any atom is 0.123 e. The number of nitrogens with one attached hydrogen (secondary N) is 1. The number of ether oxygens (including phenoxy) is 1. The van der Waals surface area contributed by atoms with E-state index >= 15 is 0 Å². The van der Waals surface area contributed by atoms with E-state index in [1.54, 1.807) is 7.11 Å². The molecule has 0 aliphatic heterocycles. The highest BCUT2D eigenvalue weighted by atomic mass is 16.5. The van der Waals surface area contributed by atoms with E-state index in [2.05, 4.69) is 5.32 Å². The van der Waals surface area contributed by atoms with Crippen LogP contribution in [0.15, 0.2) is 48.5 Å². The highest BCUT2D eigenvalue weighted by Gasteiger charge is 2.06. The fourth-order valence-corrected chi connectivity index (χ4v) is 2.23. The second-order valence-corrected chi connectivity index (χ2v) is 4.91. The molecule has 112 valence electrons. The Hall–Kier alpha value is -2.04. The van der Waals surface area contributed by atoms with Crippen molar-refractivity contribution in [1.82, 2.24) is 0 Å². The van der Waals surface area contributed by atoms with Gasteiger partial charge in [0.05, 0.1) is 7.11 Å². The monoisotopic (exact) mass is 286 g/mol. The maximum absolute atomic E-state index is 8.97. The lowest BCUT2D eigenvalue weighted by Gasteiger charge is -2.14. The highest BCUT2D eigenvalue weighted by molar-refractivity contribution is 5.48. The van der Waals surface area contributed by atoms with Crippen molar-refractivity contribution >= 4 is 5.69 Å². The molecule has 0 saturated heterocycles. The first-order valence-corrected chi connectivity index (χ1v) is 7.06. The van der Waals surface area contributed by atoms with E-state index in [1.807, 2.05) is 48.5 Å². The van der Waals surface area contributed by atoms with Crippen LogP contribution < -0.4 is 15.8 Å². The van der Waals surface area contributed by atoms with Gasteiger partial charge in [-0.3, -0.25) is 0 Å². The zero-order chi connectivity index (χ0) is 15.1. The molecule has 0 spiro atoms. The summed E-state index contributed by atoms with van der Waals surface area (Å²) in [6.07, 6.45) is 0.565. The molecule has 2 aromatic carbocycles.